The zero-order chi connectivity index (χ0) is 14.1. The summed E-state index contributed by atoms with van der Waals surface area (Å²) in [5.41, 5.74) is 0. The monoisotopic (exact) mass is 309 g/mol. The third-order valence-corrected chi connectivity index (χ3v) is 6.24. The van der Waals surface area contributed by atoms with Gasteiger partial charge in [-0.1, -0.05) is 0 Å². The van der Waals surface area contributed by atoms with Gasteiger partial charge in [0.25, 0.3) is 0 Å². The van der Waals surface area contributed by atoms with Gasteiger partial charge in [-0.25, -0.2) is 8.42 Å². The maximum atomic E-state index is 11.6. The Hall–Kier alpha value is 0.220. The first-order valence-electron chi connectivity index (χ1n) is 6.98. The van der Waals surface area contributed by atoms with Crippen LogP contribution in [-0.4, -0.2) is 58.7 Å². The molecule has 2 unspecified atom stereocenters. The quantitative estimate of drug-likeness (QED) is 0.619. The molecule has 4 nitrogen and oxygen atoms in total. The summed E-state index contributed by atoms with van der Waals surface area (Å²) < 4.78 is 28.2. The summed E-state index contributed by atoms with van der Waals surface area (Å²) in [6.45, 7) is 2.47. The van der Waals surface area contributed by atoms with Crippen LogP contribution in [0.1, 0.15) is 19.3 Å². The molecule has 1 saturated heterocycles. The Balaban J connectivity index is 2.39. The maximum absolute atomic E-state index is 11.6. The zero-order valence-corrected chi connectivity index (χ0v) is 13.7. The average molecular weight is 309 g/mol. The molecule has 0 aromatic heterocycles. The van der Waals surface area contributed by atoms with Crippen molar-refractivity contribution < 1.29 is 13.2 Å². The van der Waals surface area contributed by atoms with Gasteiger partial charge in [-0.3, -0.25) is 0 Å². The third kappa shape index (κ3) is 6.97. The molecule has 0 aromatic rings. The number of sulfone groups is 1. The molecule has 19 heavy (non-hydrogen) atoms. The molecule has 0 aromatic carbocycles. The molecule has 1 aliphatic rings. The molecule has 2 atom stereocenters. The van der Waals surface area contributed by atoms with E-state index in [9.17, 15) is 8.42 Å². The van der Waals surface area contributed by atoms with E-state index in [-0.39, 0.29) is 0 Å². The van der Waals surface area contributed by atoms with Crippen LogP contribution in [0.2, 0.25) is 0 Å². The van der Waals surface area contributed by atoms with E-state index in [2.05, 4.69) is 11.6 Å². The molecule has 1 heterocycles. The maximum Gasteiger partial charge on any atom is 0.150 e. The largest absolute Gasteiger partial charge is 0.383 e. The Bertz CT molecular complexity index is 333. The molecule has 0 saturated carbocycles. The molecule has 0 spiro atoms. The fraction of sp³-hybridized carbons (Fsp3) is 1.00. The second-order valence-electron chi connectivity index (χ2n) is 5.26. The highest BCUT2D eigenvalue weighted by Gasteiger charge is 2.33. The lowest BCUT2D eigenvalue weighted by atomic mass is 9.88. The van der Waals surface area contributed by atoms with Gasteiger partial charge in [-0.15, -0.1) is 0 Å². The van der Waals surface area contributed by atoms with Gasteiger partial charge in [-0.2, -0.15) is 11.8 Å². The molecule has 1 rings (SSSR count). The van der Waals surface area contributed by atoms with Gasteiger partial charge in [-0.05, 0) is 49.7 Å². The fourth-order valence-electron chi connectivity index (χ4n) is 2.65. The molecular weight excluding hydrogens is 282 g/mol. The molecule has 6 heteroatoms. The van der Waals surface area contributed by atoms with Gasteiger partial charge in [0.2, 0.25) is 0 Å². The van der Waals surface area contributed by atoms with Crippen LogP contribution in [0.5, 0.6) is 0 Å². The standard InChI is InChI=1S/C13H27NO3S2/c1-17-7-6-14-10-12(4-3-8-18-2)13-5-9-19(15,16)11-13/h12-14H,3-11H2,1-2H3. The van der Waals surface area contributed by atoms with Crippen molar-refractivity contribution in [3.63, 3.8) is 0 Å². The number of rotatable bonds is 10. The van der Waals surface area contributed by atoms with Gasteiger partial charge < -0.3 is 10.1 Å². The Kier molecular flexibility index (Phi) is 8.37. The van der Waals surface area contributed by atoms with Crippen molar-refractivity contribution >= 4 is 21.6 Å². The van der Waals surface area contributed by atoms with Crippen molar-refractivity contribution in [3.8, 4) is 0 Å². The first-order chi connectivity index (χ1) is 9.09. The van der Waals surface area contributed by atoms with Crippen LogP contribution >= 0.6 is 11.8 Å². The second-order valence-corrected chi connectivity index (χ2v) is 8.47. The Morgan fingerprint density at radius 2 is 2.26 bits per heavy atom. The summed E-state index contributed by atoms with van der Waals surface area (Å²) in [6, 6.07) is 0. The van der Waals surface area contributed by atoms with E-state index in [4.69, 9.17) is 4.74 Å². The highest BCUT2D eigenvalue weighted by molar-refractivity contribution is 7.98. The third-order valence-electron chi connectivity index (χ3n) is 3.75. The normalized spacial score (nSPS) is 23.6. The van der Waals surface area contributed by atoms with Gasteiger partial charge in [0.15, 0.2) is 9.84 Å². The molecule has 114 valence electrons. The SMILES string of the molecule is COCCNCC(CCCSC)C1CCS(=O)(=O)C1. The van der Waals surface area contributed by atoms with Gasteiger partial charge in [0, 0.05) is 13.7 Å². The first-order valence-corrected chi connectivity index (χ1v) is 10.2. The highest BCUT2D eigenvalue weighted by atomic mass is 32.2. The minimum absolute atomic E-state index is 0.349. The van der Waals surface area contributed by atoms with E-state index in [1.165, 1.54) is 6.42 Å². The minimum Gasteiger partial charge on any atom is -0.383 e. The van der Waals surface area contributed by atoms with Crippen LogP contribution in [0.15, 0.2) is 0 Å². The lowest BCUT2D eigenvalue weighted by molar-refractivity contribution is 0.195. The van der Waals surface area contributed by atoms with Crippen LogP contribution in [0, 0.1) is 11.8 Å². The van der Waals surface area contributed by atoms with Crippen LogP contribution in [0.3, 0.4) is 0 Å². The van der Waals surface area contributed by atoms with Crippen molar-refractivity contribution in [3.05, 3.63) is 0 Å². The van der Waals surface area contributed by atoms with E-state index in [1.54, 1.807) is 7.11 Å². The number of hydrogen-bond donors (Lipinski definition) is 1. The van der Waals surface area contributed by atoms with E-state index >= 15 is 0 Å². The fourth-order valence-corrected chi connectivity index (χ4v) is 5.03. The summed E-state index contributed by atoms with van der Waals surface area (Å²) in [6.07, 6.45) is 5.26. The topological polar surface area (TPSA) is 55.4 Å². The van der Waals surface area contributed by atoms with Crippen LogP contribution in [0.25, 0.3) is 0 Å². The first kappa shape index (κ1) is 17.3. The Morgan fingerprint density at radius 1 is 1.47 bits per heavy atom. The van der Waals surface area contributed by atoms with Gasteiger partial charge in [0.05, 0.1) is 18.1 Å². The number of methoxy groups -OCH3 is 1. The summed E-state index contributed by atoms with van der Waals surface area (Å²) >= 11 is 1.86. The second kappa shape index (κ2) is 9.21. The Morgan fingerprint density at radius 3 is 2.84 bits per heavy atom. The number of nitrogens with one attached hydrogen (secondary N) is 1. The smallest absolute Gasteiger partial charge is 0.150 e. The predicted octanol–water partition coefficient (Wildman–Crippen LogP) is 1.42. The molecule has 1 aliphatic heterocycles. The van der Waals surface area contributed by atoms with Crippen molar-refractivity contribution in [2.45, 2.75) is 19.3 Å². The number of hydrogen-bond acceptors (Lipinski definition) is 5. The number of thioether (sulfide) groups is 1. The van der Waals surface area contributed by atoms with Crippen molar-refractivity contribution in [2.24, 2.45) is 11.8 Å². The van der Waals surface area contributed by atoms with Crippen LogP contribution < -0.4 is 5.32 Å². The van der Waals surface area contributed by atoms with E-state index in [0.717, 1.165) is 31.7 Å². The molecule has 0 aliphatic carbocycles. The van der Waals surface area contributed by atoms with Crippen molar-refractivity contribution in [1.82, 2.24) is 5.32 Å². The van der Waals surface area contributed by atoms with E-state index < -0.39 is 9.84 Å². The molecular formula is C13H27NO3S2. The summed E-state index contributed by atoms with van der Waals surface area (Å²) in [5, 5.41) is 3.39. The molecule has 0 bridgehead atoms. The highest BCUT2D eigenvalue weighted by Crippen LogP contribution is 2.29. The minimum atomic E-state index is -2.76. The van der Waals surface area contributed by atoms with E-state index in [1.807, 2.05) is 11.8 Å². The molecule has 0 amide bonds. The summed E-state index contributed by atoms with van der Waals surface area (Å²) in [7, 11) is -1.07. The lowest BCUT2D eigenvalue weighted by Crippen LogP contribution is -2.31. The predicted molar refractivity (Wildman–Crippen MR) is 82.6 cm³/mol. The summed E-state index contributed by atoms with van der Waals surface area (Å²) in [4.78, 5) is 0. The molecule has 1 fully saturated rings. The lowest BCUT2D eigenvalue weighted by Gasteiger charge is -2.23. The Labute approximate surface area is 122 Å². The molecule has 1 N–H and O–H groups in total. The van der Waals surface area contributed by atoms with Gasteiger partial charge >= 0.3 is 0 Å². The van der Waals surface area contributed by atoms with Gasteiger partial charge in [0.1, 0.15) is 0 Å². The van der Waals surface area contributed by atoms with Crippen LogP contribution in [-0.2, 0) is 14.6 Å². The van der Waals surface area contributed by atoms with Crippen molar-refractivity contribution in [2.75, 3.05) is 50.3 Å². The zero-order valence-electron chi connectivity index (χ0n) is 12.1. The summed E-state index contributed by atoms with van der Waals surface area (Å²) in [5.74, 6) is 2.77. The van der Waals surface area contributed by atoms with E-state index in [0.29, 0.717) is 29.9 Å². The molecule has 0 radical (unpaired) electrons. The number of ether oxygens (including phenoxy) is 1. The van der Waals surface area contributed by atoms with Crippen LogP contribution in [0.4, 0.5) is 0 Å². The average Bonchev–Trinajstić information content (AvgIpc) is 2.73. The van der Waals surface area contributed by atoms with Crippen molar-refractivity contribution in [1.29, 1.82) is 0 Å².